The normalized spacial score (nSPS) is 8.12. The van der Waals surface area contributed by atoms with E-state index in [4.69, 9.17) is 11.5 Å². The Morgan fingerprint density at radius 1 is 0.875 bits per heavy atom. The number of aromatic nitrogens is 2. The molecule has 0 aliphatic heterocycles. The number of rotatable bonds is 2. The van der Waals surface area contributed by atoms with Crippen LogP contribution >= 0.6 is 47.5 Å². The predicted molar refractivity (Wildman–Crippen MR) is 74.5 cm³/mol. The van der Waals surface area contributed by atoms with Crippen LogP contribution in [0, 0.1) is 0 Å². The van der Waals surface area contributed by atoms with E-state index in [2.05, 4.69) is 9.97 Å². The van der Waals surface area contributed by atoms with Crippen LogP contribution in [0.4, 0.5) is 0 Å². The molecule has 92 valence electrons. The van der Waals surface area contributed by atoms with Crippen molar-refractivity contribution in [2.75, 3.05) is 0 Å². The van der Waals surface area contributed by atoms with Crippen molar-refractivity contribution in [2.24, 2.45) is 11.5 Å². The minimum Gasteiger partial charge on any atom is -0.325 e. The minimum atomic E-state index is 0. The largest absolute Gasteiger partial charge is 0.325 e. The number of hydrogen-bond acceptors (Lipinski definition) is 6. The highest BCUT2D eigenvalue weighted by atomic mass is 35.5. The van der Waals surface area contributed by atoms with Crippen molar-refractivity contribution in [2.45, 2.75) is 13.1 Å². The summed E-state index contributed by atoms with van der Waals surface area (Å²) in [4.78, 5) is 7.86. The quantitative estimate of drug-likeness (QED) is 0.890. The first-order valence-electron chi connectivity index (χ1n) is 4.03. The fraction of sp³-hybridized carbons (Fsp3) is 0.250. The van der Waals surface area contributed by atoms with Crippen LogP contribution in [0.3, 0.4) is 0 Å². The van der Waals surface area contributed by atoms with Crippen molar-refractivity contribution in [3.05, 3.63) is 33.2 Å². The summed E-state index contributed by atoms with van der Waals surface area (Å²) in [6.07, 6.45) is 3.51. The summed E-state index contributed by atoms with van der Waals surface area (Å²) >= 11 is 3.17. The van der Waals surface area contributed by atoms with Gasteiger partial charge in [0.15, 0.2) is 0 Å². The number of nitrogens with two attached hydrogens (primary N) is 2. The zero-order valence-corrected chi connectivity index (χ0v) is 11.7. The van der Waals surface area contributed by atoms with Gasteiger partial charge in [-0.1, -0.05) is 0 Å². The highest BCUT2D eigenvalue weighted by molar-refractivity contribution is 7.09. The van der Waals surface area contributed by atoms with Gasteiger partial charge >= 0.3 is 0 Å². The Morgan fingerprint density at radius 2 is 1.25 bits per heavy atom. The van der Waals surface area contributed by atoms with Crippen molar-refractivity contribution < 1.29 is 0 Å². The van der Waals surface area contributed by atoms with Gasteiger partial charge in [-0.2, -0.15) is 0 Å². The molecule has 2 heterocycles. The second kappa shape index (κ2) is 11.3. The maximum Gasteiger partial charge on any atom is 0.106 e. The van der Waals surface area contributed by atoms with Crippen molar-refractivity contribution in [1.29, 1.82) is 0 Å². The van der Waals surface area contributed by atoms with E-state index < -0.39 is 0 Å². The zero-order chi connectivity index (χ0) is 10.2. The van der Waals surface area contributed by atoms with Gasteiger partial charge in [-0.15, -0.1) is 47.5 Å². The lowest BCUT2D eigenvalue weighted by atomic mass is 10.7. The number of thiazole rings is 2. The van der Waals surface area contributed by atoms with Crippen molar-refractivity contribution >= 4 is 47.5 Å². The lowest BCUT2D eigenvalue weighted by molar-refractivity contribution is 1.04. The summed E-state index contributed by atoms with van der Waals surface area (Å²) in [5.41, 5.74) is 10.5. The molecule has 0 bridgehead atoms. The molecule has 4 N–H and O–H groups in total. The first-order valence-corrected chi connectivity index (χ1v) is 5.79. The molecule has 4 nitrogen and oxygen atoms in total. The van der Waals surface area contributed by atoms with Crippen LogP contribution in [0.15, 0.2) is 23.2 Å². The number of hydrogen-bond donors (Lipinski definition) is 2. The summed E-state index contributed by atoms with van der Waals surface area (Å²) in [6, 6.07) is 0. The third-order valence-corrected chi connectivity index (χ3v) is 2.92. The van der Waals surface area contributed by atoms with Crippen LogP contribution in [-0.4, -0.2) is 9.97 Å². The highest BCUT2D eigenvalue weighted by Gasteiger charge is 1.85. The number of halogens is 2. The summed E-state index contributed by atoms with van der Waals surface area (Å²) in [5, 5.41) is 5.84. The van der Waals surface area contributed by atoms with Gasteiger partial charge in [0.25, 0.3) is 0 Å². The second-order valence-electron chi connectivity index (χ2n) is 2.26. The molecule has 2 rings (SSSR count). The molecule has 0 fully saturated rings. The lowest BCUT2D eigenvalue weighted by Crippen LogP contribution is -1.93. The van der Waals surface area contributed by atoms with E-state index >= 15 is 0 Å². The van der Waals surface area contributed by atoms with E-state index in [1.807, 2.05) is 10.8 Å². The van der Waals surface area contributed by atoms with E-state index in [0.29, 0.717) is 13.1 Å². The molecule has 0 saturated heterocycles. The third-order valence-electron chi connectivity index (χ3n) is 1.32. The van der Waals surface area contributed by atoms with Gasteiger partial charge in [0.05, 0.1) is 0 Å². The van der Waals surface area contributed by atoms with Gasteiger partial charge in [-0.05, 0) is 0 Å². The number of nitrogens with zero attached hydrogens (tertiary/aromatic N) is 2. The van der Waals surface area contributed by atoms with Gasteiger partial charge in [0, 0.05) is 36.2 Å². The van der Waals surface area contributed by atoms with Gasteiger partial charge in [0.1, 0.15) is 10.0 Å². The van der Waals surface area contributed by atoms with Gasteiger partial charge in [0.2, 0.25) is 0 Å². The molecule has 2 aromatic rings. The molecule has 0 aliphatic rings. The standard InChI is InChI=1S/2C4H6N2S.2ClH/c2*5-3-4-6-1-2-7-4;;/h2*1-2H,3,5H2;2*1H. The third kappa shape index (κ3) is 7.10. The first kappa shape index (κ1) is 18.1. The molecule has 2 aromatic heterocycles. The molecule has 0 atom stereocenters. The molecule has 0 saturated carbocycles. The fourth-order valence-electron chi connectivity index (χ4n) is 0.708. The van der Waals surface area contributed by atoms with E-state index in [9.17, 15) is 0 Å². The van der Waals surface area contributed by atoms with Crippen LogP contribution in [0.5, 0.6) is 0 Å². The van der Waals surface area contributed by atoms with E-state index in [-0.39, 0.29) is 24.8 Å². The van der Waals surface area contributed by atoms with Crippen molar-refractivity contribution in [1.82, 2.24) is 9.97 Å². The fourth-order valence-corrected chi connectivity index (χ4v) is 1.70. The zero-order valence-electron chi connectivity index (χ0n) is 8.41. The Morgan fingerprint density at radius 3 is 1.38 bits per heavy atom. The second-order valence-corrected chi connectivity index (χ2v) is 4.22. The molecular weight excluding hydrogens is 287 g/mol. The van der Waals surface area contributed by atoms with Crippen LogP contribution < -0.4 is 11.5 Å². The molecule has 0 spiro atoms. The summed E-state index contributed by atoms with van der Waals surface area (Å²) in [7, 11) is 0. The molecule has 0 aliphatic carbocycles. The highest BCUT2D eigenvalue weighted by Crippen LogP contribution is 2.00. The Balaban J connectivity index is 0. The van der Waals surface area contributed by atoms with Crippen molar-refractivity contribution in [3.8, 4) is 0 Å². The Hall–Kier alpha value is -0.240. The van der Waals surface area contributed by atoms with Crippen LogP contribution in [0.1, 0.15) is 10.0 Å². The molecular formula is C8H14Cl2N4S2. The monoisotopic (exact) mass is 300 g/mol. The maximum absolute atomic E-state index is 5.24. The van der Waals surface area contributed by atoms with Gasteiger partial charge < -0.3 is 11.5 Å². The smallest absolute Gasteiger partial charge is 0.106 e. The van der Waals surface area contributed by atoms with Crippen LogP contribution in [0.2, 0.25) is 0 Å². The van der Waals surface area contributed by atoms with Gasteiger partial charge in [-0.25, -0.2) is 9.97 Å². The summed E-state index contributed by atoms with van der Waals surface area (Å²) < 4.78 is 0. The molecule has 0 radical (unpaired) electrons. The molecule has 16 heavy (non-hydrogen) atoms. The minimum absolute atomic E-state index is 0. The average Bonchev–Trinajstić information content (AvgIpc) is 2.92. The summed E-state index contributed by atoms with van der Waals surface area (Å²) in [5.74, 6) is 0. The summed E-state index contributed by atoms with van der Waals surface area (Å²) in [6.45, 7) is 1.13. The van der Waals surface area contributed by atoms with E-state index in [1.54, 1.807) is 35.1 Å². The van der Waals surface area contributed by atoms with E-state index in [1.165, 1.54) is 0 Å². The lowest BCUT2D eigenvalue weighted by Gasteiger charge is -1.78. The predicted octanol–water partition coefficient (Wildman–Crippen LogP) is 2.05. The first-order chi connectivity index (χ1) is 6.86. The molecule has 8 heteroatoms. The Labute approximate surface area is 115 Å². The SMILES string of the molecule is Cl.Cl.NCc1nccs1.NCc1nccs1. The molecule has 0 aromatic carbocycles. The maximum atomic E-state index is 5.24. The van der Waals surface area contributed by atoms with E-state index in [0.717, 1.165) is 10.0 Å². The topological polar surface area (TPSA) is 77.8 Å². The van der Waals surface area contributed by atoms with Gasteiger partial charge in [-0.3, -0.25) is 0 Å². The van der Waals surface area contributed by atoms with Crippen LogP contribution in [0.25, 0.3) is 0 Å². The Kier molecular flexibility index (Phi) is 12.8. The Bertz CT molecular complexity index is 291. The van der Waals surface area contributed by atoms with Crippen LogP contribution in [-0.2, 0) is 13.1 Å². The van der Waals surface area contributed by atoms with Crippen molar-refractivity contribution in [3.63, 3.8) is 0 Å². The average molecular weight is 301 g/mol. The molecule has 0 unspecified atom stereocenters. The molecule has 0 amide bonds.